The van der Waals surface area contributed by atoms with Gasteiger partial charge in [-0.05, 0) is 18.6 Å². The molecule has 0 radical (unpaired) electrons. The van der Waals surface area contributed by atoms with Crippen LogP contribution in [0.2, 0.25) is 5.02 Å². The number of aromatic nitrogens is 2. The number of ether oxygens (including phenoxy) is 1. The molecule has 0 saturated carbocycles. The van der Waals surface area contributed by atoms with Gasteiger partial charge in [-0.1, -0.05) is 24.9 Å². The highest BCUT2D eigenvalue weighted by Gasteiger charge is 2.23. The Bertz CT molecular complexity index is 896. The number of nitrogens with zero attached hydrogens (tertiary/aromatic N) is 3. The van der Waals surface area contributed by atoms with Crippen molar-refractivity contribution in [3.63, 3.8) is 0 Å². The second-order valence-electron chi connectivity index (χ2n) is 5.53. The Labute approximate surface area is 143 Å². The number of hydrogen-bond donors (Lipinski definition) is 0. The number of halogens is 1. The van der Waals surface area contributed by atoms with Crippen molar-refractivity contribution in [3.8, 4) is 0 Å². The van der Waals surface area contributed by atoms with Crippen molar-refractivity contribution in [2.75, 3.05) is 0 Å². The van der Waals surface area contributed by atoms with Gasteiger partial charge in [0, 0.05) is 36.7 Å². The molecule has 3 rings (SSSR count). The molecule has 6 nitrogen and oxygen atoms in total. The predicted molar refractivity (Wildman–Crippen MR) is 92.1 cm³/mol. The minimum atomic E-state index is -0.486. The van der Waals surface area contributed by atoms with E-state index in [1.54, 1.807) is 18.3 Å². The van der Waals surface area contributed by atoms with E-state index in [2.05, 4.69) is 16.9 Å². The average molecular weight is 346 g/mol. The second kappa shape index (κ2) is 6.57. The van der Waals surface area contributed by atoms with E-state index < -0.39 is 5.97 Å². The number of esters is 1. The molecule has 7 heteroatoms. The van der Waals surface area contributed by atoms with Crippen LogP contribution >= 0.6 is 11.6 Å². The zero-order chi connectivity index (χ0) is 17.3. The molecule has 0 bridgehead atoms. The standard InChI is InChI=1S/C17H16ClN3O3/c1-3-4-5-15-20-14(17(23)24-15)6-11-9-21(10(2)22)16-13(11)7-12(18)8-19-16/h6-9H,3-5H2,1-2H3. The molecule has 124 valence electrons. The number of unbranched alkanes of at least 4 members (excludes halogenated alkanes) is 1. The minimum Gasteiger partial charge on any atom is -0.407 e. The summed E-state index contributed by atoms with van der Waals surface area (Å²) in [6.45, 7) is 3.50. The van der Waals surface area contributed by atoms with E-state index in [0.717, 1.165) is 12.8 Å². The topological polar surface area (TPSA) is 73.5 Å². The average Bonchev–Trinajstić information content (AvgIpc) is 3.07. The summed E-state index contributed by atoms with van der Waals surface area (Å²) < 4.78 is 6.58. The molecule has 3 heterocycles. The number of cyclic esters (lactones) is 1. The van der Waals surface area contributed by atoms with Crippen molar-refractivity contribution in [2.24, 2.45) is 4.99 Å². The lowest BCUT2D eigenvalue weighted by Crippen LogP contribution is -2.04. The maximum Gasteiger partial charge on any atom is 0.363 e. The Morgan fingerprint density at radius 1 is 1.46 bits per heavy atom. The van der Waals surface area contributed by atoms with E-state index in [1.807, 2.05) is 0 Å². The van der Waals surface area contributed by atoms with Crippen LogP contribution in [0.25, 0.3) is 17.1 Å². The Hall–Kier alpha value is -2.47. The fraction of sp³-hybridized carbons (Fsp3) is 0.294. The lowest BCUT2D eigenvalue weighted by Gasteiger charge is -1.97. The SMILES string of the molecule is CCCCC1=NC(=Cc2cn(C(C)=O)c3ncc(Cl)cc23)C(=O)O1. The highest BCUT2D eigenvalue weighted by atomic mass is 35.5. The Morgan fingerprint density at radius 3 is 2.96 bits per heavy atom. The minimum absolute atomic E-state index is 0.180. The van der Waals surface area contributed by atoms with E-state index >= 15 is 0 Å². The van der Waals surface area contributed by atoms with Gasteiger partial charge in [0.1, 0.15) is 5.65 Å². The van der Waals surface area contributed by atoms with Crippen LogP contribution in [0.1, 0.15) is 43.5 Å². The van der Waals surface area contributed by atoms with E-state index in [9.17, 15) is 9.59 Å². The van der Waals surface area contributed by atoms with Crippen LogP contribution in [0.5, 0.6) is 0 Å². The van der Waals surface area contributed by atoms with E-state index in [-0.39, 0.29) is 11.6 Å². The van der Waals surface area contributed by atoms with Gasteiger partial charge >= 0.3 is 5.97 Å². The zero-order valence-corrected chi connectivity index (χ0v) is 14.1. The summed E-state index contributed by atoms with van der Waals surface area (Å²) in [6.07, 6.45) is 7.22. The fourth-order valence-electron chi connectivity index (χ4n) is 2.50. The Morgan fingerprint density at radius 2 is 2.25 bits per heavy atom. The fourth-order valence-corrected chi connectivity index (χ4v) is 2.65. The van der Waals surface area contributed by atoms with Gasteiger partial charge in [-0.15, -0.1) is 0 Å². The second-order valence-corrected chi connectivity index (χ2v) is 5.96. The van der Waals surface area contributed by atoms with Gasteiger partial charge in [0.25, 0.3) is 0 Å². The first kappa shape index (κ1) is 16.4. The van der Waals surface area contributed by atoms with Gasteiger partial charge in [0.15, 0.2) is 11.6 Å². The number of carbonyl (C=O) groups excluding carboxylic acids is 2. The number of hydrogen-bond acceptors (Lipinski definition) is 5. The van der Waals surface area contributed by atoms with E-state index in [1.165, 1.54) is 17.7 Å². The molecule has 1 aliphatic rings. The third-order valence-electron chi connectivity index (χ3n) is 3.68. The van der Waals surface area contributed by atoms with Crippen LogP contribution < -0.4 is 0 Å². The van der Waals surface area contributed by atoms with E-state index in [4.69, 9.17) is 16.3 Å². The largest absolute Gasteiger partial charge is 0.407 e. The zero-order valence-electron chi connectivity index (χ0n) is 13.4. The molecule has 0 atom stereocenters. The van der Waals surface area contributed by atoms with Gasteiger partial charge < -0.3 is 4.74 Å². The van der Waals surface area contributed by atoms with Crippen LogP contribution in [-0.2, 0) is 9.53 Å². The molecule has 1 aliphatic heterocycles. The molecule has 24 heavy (non-hydrogen) atoms. The number of rotatable bonds is 4. The van der Waals surface area contributed by atoms with Crippen molar-refractivity contribution in [2.45, 2.75) is 33.1 Å². The number of pyridine rings is 1. The summed E-state index contributed by atoms with van der Waals surface area (Å²) in [5, 5.41) is 1.12. The lowest BCUT2D eigenvalue weighted by molar-refractivity contribution is -0.130. The van der Waals surface area contributed by atoms with Gasteiger partial charge in [-0.3, -0.25) is 9.36 Å². The smallest absolute Gasteiger partial charge is 0.363 e. The quantitative estimate of drug-likeness (QED) is 0.623. The first-order valence-electron chi connectivity index (χ1n) is 7.68. The summed E-state index contributed by atoms with van der Waals surface area (Å²) in [4.78, 5) is 32.2. The van der Waals surface area contributed by atoms with Crippen molar-refractivity contribution in [1.29, 1.82) is 0 Å². The summed E-state index contributed by atoms with van der Waals surface area (Å²) in [5.74, 6) is -0.236. The molecular formula is C17H16ClN3O3. The van der Waals surface area contributed by atoms with Gasteiger partial charge in [-0.25, -0.2) is 14.8 Å². The van der Waals surface area contributed by atoms with Crippen LogP contribution in [0.15, 0.2) is 29.1 Å². The molecule has 2 aromatic rings. The van der Waals surface area contributed by atoms with Crippen LogP contribution in [-0.4, -0.2) is 27.3 Å². The first-order chi connectivity index (χ1) is 11.5. The van der Waals surface area contributed by atoms with Gasteiger partial charge in [0.05, 0.1) is 5.02 Å². The van der Waals surface area contributed by atoms with Crippen molar-refractivity contribution < 1.29 is 14.3 Å². The van der Waals surface area contributed by atoms with Crippen LogP contribution in [0.3, 0.4) is 0 Å². The molecule has 0 fully saturated rings. The molecule has 0 aromatic carbocycles. The Kier molecular flexibility index (Phi) is 4.49. The molecule has 0 unspecified atom stereocenters. The number of aliphatic imine (C=N–C) groups is 1. The third-order valence-corrected chi connectivity index (χ3v) is 3.89. The number of carbonyl (C=O) groups is 2. The lowest BCUT2D eigenvalue weighted by atomic mass is 10.2. The van der Waals surface area contributed by atoms with Crippen molar-refractivity contribution >= 4 is 46.5 Å². The van der Waals surface area contributed by atoms with Crippen molar-refractivity contribution in [1.82, 2.24) is 9.55 Å². The molecule has 0 saturated heterocycles. The monoisotopic (exact) mass is 345 g/mol. The summed E-state index contributed by atoms with van der Waals surface area (Å²) in [6, 6.07) is 1.71. The van der Waals surface area contributed by atoms with Gasteiger partial charge in [-0.2, -0.15) is 0 Å². The van der Waals surface area contributed by atoms with Crippen LogP contribution in [0.4, 0.5) is 0 Å². The molecule has 2 aromatic heterocycles. The van der Waals surface area contributed by atoms with Crippen LogP contribution in [0, 0.1) is 0 Å². The highest BCUT2D eigenvalue weighted by Crippen LogP contribution is 2.26. The molecule has 0 N–H and O–H groups in total. The first-order valence-corrected chi connectivity index (χ1v) is 8.06. The summed E-state index contributed by atoms with van der Waals surface area (Å²) in [5.41, 5.74) is 1.34. The molecule has 0 spiro atoms. The van der Waals surface area contributed by atoms with E-state index in [0.29, 0.717) is 33.9 Å². The number of fused-ring (bicyclic) bond motifs is 1. The summed E-state index contributed by atoms with van der Waals surface area (Å²) >= 11 is 6.01. The van der Waals surface area contributed by atoms with Gasteiger partial charge in [0.2, 0.25) is 5.91 Å². The predicted octanol–water partition coefficient (Wildman–Crippen LogP) is 3.84. The normalized spacial score (nSPS) is 15.9. The molecule has 0 amide bonds. The van der Waals surface area contributed by atoms with Crippen molar-refractivity contribution in [3.05, 3.63) is 34.7 Å². The Balaban J connectivity index is 2.06. The molecular weight excluding hydrogens is 330 g/mol. The maximum atomic E-state index is 12.0. The highest BCUT2D eigenvalue weighted by molar-refractivity contribution is 6.31. The summed E-state index contributed by atoms with van der Waals surface area (Å²) in [7, 11) is 0. The maximum absolute atomic E-state index is 12.0. The third kappa shape index (κ3) is 3.10. The molecule has 0 aliphatic carbocycles.